The van der Waals surface area contributed by atoms with Crippen molar-refractivity contribution in [3.8, 4) is 0 Å². The number of nitrogens with one attached hydrogen (secondary N) is 2. The third-order valence-corrected chi connectivity index (χ3v) is 4.49. The van der Waals surface area contributed by atoms with Crippen LogP contribution in [-0.4, -0.2) is 43.5 Å². The van der Waals surface area contributed by atoms with Crippen LogP contribution in [0.15, 0.2) is 0 Å². The highest BCUT2D eigenvalue weighted by molar-refractivity contribution is 5.73. The van der Waals surface area contributed by atoms with Gasteiger partial charge in [-0.3, -0.25) is 0 Å². The molecule has 1 fully saturated rings. The number of hydrogen-bond acceptors (Lipinski definition) is 3. The van der Waals surface area contributed by atoms with Crippen molar-refractivity contribution in [1.82, 2.24) is 10.6 Å². The Morgan fingerprint density at radius 2 is 2.05 bits per heavy atom. The number of hydrogen-bond donors (Lipinski definition) is 3. The summed E-state index contributed by atoms with van der Waals surface area (Å²) in [6.07, 6.45) is 6.37. The molecule has 3 N–H and O–H groups in total. The van der Waals surface area contributed by atoms with Crippen molar-refractivity contribution in [3.05, 3.63) is 0 Å². The SMILES string of the molecule is CCC(CC)(CO)CNC(=O)NCCC1CCCCO1. The summed E-state index contributed by atoms with van der Waals surface area (Å²) >= 11 is 0. The zero-order valence-electron chi connectivity index (χ0n) is 12.9. The Kier molecular flexibility index (Phi) is 7.92. The van der Waals surface area contributed by atoms with Gasteiger partial charge in [-0.15, -0.1) is 0 Å². The van der Waals surface area contributed by atoms with Crippen LogP contribution in [0.4, 0.5) is 4.79 Å². The molecule has 1 aliphatic rings. The minimum absolute atomic E-state index is 0.107. The molecular formula is C15H30N2O3. The average molecular weight is 286 g/mol. The van der Waals surface area contributed by atoms with Crippen LogP contribution in [0.5, 0.6) is 0 Å². The molecule has 0 aromatic rings. The molecule has 5 heteroatoms. The molecule has 0 spiro atoms. The van der Waals surface area contributed by atoms with Crippen LogP contribution in [0.2, 0.25) is 0 Å². The van der Waals surface area contributed by atoms with Crippen molar-refractivity contribution in [2.45, 2.75) is 58.5 Å². The first-order valence-corrected chi connectivity index (χ1v) is 7.90. The third-order valence-electron chi connectivity index (χ3n) is 4.49. The van der Waals surface area contributed by atoms with Crippen molar-refractivity contribution in [2.24, 2.45) is 5.41 Å². The molecule has 5 nitrogen and oxygen atoms in total. The molecule has 1 heterocycles. The monoisotopic (exact) mass is 286 g/mol. The smallest absolute Gasteiger partial charge is 0.314 e. The predicted molar refractivity (Wildman–Crippen MR) is 79.7 cm³/mol. The number of amides is 2. The maximum atomic E-state index is 11.7. The van der Waals surface area contributed by atoms with Gasteiger partial charge in [-0.1, -0.05) is 13.8 Å². The topological polar surface area (TPSA) is 70.6 Å². The van der Waals surface area contributed by atoms with Gasteiger partial charge >= 0.3 is 6.03 Å². The predicted octanol–water partition coefficient (Wildman–Crippen LogP) is 2.04. The fourth-order valence-corrected chi connectivity index (χ4v) is 2.49. The summed E-state index contributed by atoms with van der Waals surface area (Å²) < 4.78 is 5.62. The summed E-state index contributed by atoms with van der Waals surface area (Å²) in [6.45, 7) is 6.20. The molecule has 118 valence electrons. The molecular weight excluding hydrogens is 256 g/mol. The lowest BCUT2D eigenvalue weighted by atomic mass is 9.83. The highest BCUT2D eigenvalue weighted by Crippen LogP contribution is 2.24. The largest absolute Gasteiger partial charge is 0.396 e. The molecule has 1 unspecified atom stereocenters. The van der Waals surface area contributed by atoms with Gasteiger partial charge in [-0.25, -0.2) is 4.79 Å². The van der Waals surface area contributed by atoms with Crippen LogP contribution in [0.1, 0.15) is 52.4 Å². The number of carbonyl (C=O) groups excluding carboxylic acids is 1. The summed E-state index contributed by atoms with van der Waals surface area (Å²) in [4.78, 5) is 11.7. The minimum atomic E-state index is -0.191. The second-order valence-electron chi connectivity index (χ2n) is 5.75. The van der Waals surface area contributed by atoms with Crippen LogP contribution in [0, 0.1) is 5.41 Å². The standard InChI is InChI=1S/C15H30N2O3/c1-3-15(4-2,12-18)11-17-14(19)16-9-8-13-7-5-6-10-20-13/h13,18H,3-12H2,1-2H3,(H2,16,17,19). The number of carbonyl (C=O) groups is 1. The minimum Gasteiger partial charge on any atom is -0.396 e. The highest BCUT2D eigenvalue weighted by atomic mass is 16.5. The van der Waals surface area contributed by atoms with Gasteiger partial charge in [0, 0.05) is 25.1 Å². The molecule has 1 saturated heterocycles. The average Bonchev–Trinajstić information content (AvgIpc) is 2.50. The van der Waals surface area contributed by atoms with E-state index in [0.29, 0.717) is 19.2 Å². The van der Waals surface area contributed by atoms with Gasteiger partial charge < -0.3 is 20.5 Å². The molecule has 2 amide bonds. The Bertz CT molecular complexity index is 266. The van der Waals surface area contributed by atoms with Crippen molar-refractivity contribution in [1.29, 1.82) is 0 Å². The first-order chi connectivity index (χ1) is 9.65. The Morgan fingerprint density at radius 3 is 2.60 bits per heavy atom. The Hall–Kier alpha value is -0.810. The van der Waals surface area contributed by atoms with E-state index in [-0.39, 0.29) is 18.1 Å². The van der Waals surface area contributed by atoms with Gasteiger partial charge in [0.05, 0.1) is 12.7 Å². The Labute approximate surface area is 122 Å². The van der Waals surface area contributed by atoms with Gasteiger partial charge in [-0.2, -0.15) is 0 Å². The molecule has 0 saturated carbocycles. The van der Waals surface area contributed by atoms with Crippen molar-refractivity contribution in [3.63, 3.8) is 0 Å². The fourth-order valence-electron chi connectivity index (χ4n) is 2.49. The summed E-state index contributed by atoms with van der Waals surface area (Å²) in [5, 5.41) is 15.2. The van der Waals surface area contributed by atoms with Crippen LogP contribution in [0.25, 0.3) is 0 Å². The van der Waals surface area contributed by atoms with E-state index in [2.05, 4.69) is 10.6 Å². The van der Waals surface area contributed by atoms with Gasteiger partial charge in [0.15, 0.2) is 0 Å². The van der Waals surface area contributed by atoms with E-state index in [1.807, 2.05) is 13.8 Å². The molecule has 0 aromatic carbocycles. The van der Waals surface area contributed by atoms with Crippen molar-refractivity contribution in [2.75, 3.05) is 26.3 Å². The van der Waals surface area contributed by atoms with Gasteiger partial charge in [0.1, 0.15) is 0 Å². The van der Waals surface area contributed by atoms with Crippen LogP contribution in [0.3, 0.4) is 0 Å². The maximum Gasteiger partial charge on any atom is 0.314 e. The Morgan fingerprint density at radius 1 is 1.30 bits per heavy atom. The molecule has 1 atom stereocenters. The quantitative estimate of drug-likeness (QED) is 0.639. The second kappa shape index (κ2) is 9.19. The van der Waals surface area contributed by atoms with Crippen LogP contribution >= 0.6 is 0 Å². The van der Waals surface area contributed by atoms with Crippen LogP contribution in [-0.2, 0) is 4.74 Å². The van der Waals surface area contributed by atoms with Crippen molar-refractivity contribution >= 4 is 6.03 Å². The first kappa shape index (κ1) is 17.2. The second-order valence-corrected chi connectivity index (χ2v) is 5.75. The number of rotatable bonds is 8. The van der Waals surface area contributed by atoms with Gasteiger partial charge in [0.25, 0.3) is 0 Å². The number of ether oxygens (including phenoxy) is 1. The van der Waals surface area contributed by atoms with E-state index >= 15 is 0 Å². The number of aliphatic hydroxyl groups is 1. The lowest BCUT2D eigenvalue weighted by molar-refractivity contribution is 0.0119. The molecule has 20 heavy (non-hydrogen) atoms. The fraction of sp³-hybridized carbons (Fsp3) is 0.933. The molecule has 0 aliphatic carbocycles. The zero-order chi connectivity index (χ0) is 14.8. The molecule has 1 rings (SSSR count). The molecule has 1 aliphatic heterocycles. The first-order valence-electron chi connectivity index (χ1n) is 7.90. The summed E-state index contributed by atoms with van der Waals surface area (Å²) in [6, 6.07) is -0.152. The molecule has 0 aromatic heterocycles. The maximum absolute atomic E-state index is 11.7. The molecule has 0 bridgehead atoms. The van der Waals surface area contributed by atoms with E-state index < -0.39 is 0 Å². The zero-order valence-corrected chi connectivity index (χ0v) is 12.9. The number of aliphatic hydroxyl groups excluding tert-OH is 1. The van der Waals surface area contributed by atoms with Gasteiger partial charge in [0.2, 0.25) is 0 Å². The van der Waals surface area contributed by atoms with Crippen LogP contribution < -0.4 is 10.6 Å². The Balaban J connectivity index is 2.16. The van der Waals surface area contributed by atoms with E-state index in [9.17, 15) is 9.90 Å². The summed E-state index contributed by atoms with van der Waals surface area (Å²) in [5.74, 6) is 0. The lowest BCUT2D eigenvalue weighted by Crippen LogP contribution is -2.44. The van der Waals surface area contributed by atoms with E-state index in [1.165, 1.54) is 6.42 Å². The van der Waals surface area contributed by atoms with E-state index in [0.717, 1.165) is 38.7 Å². The van der Waals surface area contributed by atoms with Gasteiger partial charge in [-0.05, 0) is 38.5 Å². The lowest BCUT2D eigenvalue weighted by Gasteiger charge is -2.29. The van der Waals surface area contributed by atoms with Crippen molar-refractivity contribution < 1.29 is 14.6 Å². The number of urea groups is 1. The highest BCUT2D eigenvalue weighted by Gasteiger charge is 2.25. The molecule has 0 radical (unpaired) electrons. The van der Waals surface area contributed by atoms with E-state index in [4.69, 9.17) is 4.74 Å². The summed E-state index contributed by atoms with van der Waals surface area (Å²) in [5.41, 5.74) is -0.191. The van der Waals surface area contributed by atoms with E-state index in [1.54, 1.807) is 0 Å². The normalized spacial score (nSPS) is 19.6. The summed E-state index contributed by atoms with van der Waals surface area (Å²) in [7, 11) is 0. The third kappa shape index (κ3) is 5.67.